The lowest BCUT2D eigenvalue weighted by atomic mass is 10.2. The molecule has 8 heteroatoms. The number of nitrogens with one attached hydrogen (secondary N) is 1. The van der Waals surface area contributed by atoms with E-state index >= 15 is 0 Å². The predicted octanol–water partition coefficient (Wildman–Crippen LogP) is 2.61. The van der Waals surface area contributed by atoms with Crippen molar-refractivity contribution in [3.8, 4) is 0 Å². The summed E-state index contributed by atoms with van der Waals surface area (Å²) in [6, 6.07) is 0.819. The third-order valence-corrected chi connectivity index (χ3v) is 3.51. The van der Waals surface area contributed by atoms with Gasteiger partial charge in [-0.3, -0.25) is 4.79 Å². The molecule has 126 valence electrons. The fourth-order valence-electron chi connectivity index (χ4n) is 2.18. The predicted molar refractivity (Wildman–Crippen MR) is 82.9 cm³/mol. The number of amides is 2. The summed E-state index contributed by atoms with van der Waals surface area (Å²) in [5.41, 5.74) is -0.479. The van der Waals surface area contributed by atoms with Crippen LogP contribution in [0.4, 0.5) is 9.18 Å². The minimum Gasteiger partial charge on any atom is -0.444 e. The molecule has 0 spiro atoms. The Morgan fingerprint density at radius 1 is 1.48 bits per heavy atom. The average molecular weight is 344 g/mol. The van der Waals surface area contributed by atoms with E-state index < -0.39 is 23.4 Å². The van der Waals surface area contributed by atoms with Gasteiger partial charge >= 0.3 is 6.09 Å². The SMILES string of the molecule is CC(C)(C)OC(=O)N1CC[C@H](NC(=O)c2cnc(Cl)c(F)c2)C1. The van der Waals surface area contributed by atoms with Crippen LogP contribution in [0.25, 0.3) is 0 Å². The molecule has 1 N–H and O–H groups in total. The first kappa shape index (κ1) is 17.5. The molecular formula is C15H19ClFN3O3. The van der Waals surface area contributed by atoms with Gasteiger partial charge in [-0.25, -0.2) is 14.2 Å². The van der Waals surface area contributed by atoms with Gasteiger partial charge in [-0.1, -0.05) is 11.6 Å². The van der Waals surface area contributed by atoms with Crippen molar-refractivity contribution < 1.29 is 18.7 Å². The average Bonchev–Trinajstić information content (AvgIpc) is 2.88. The van der Waals surface area contributed by atoms with Crippen molar-refractivity contribution >= 4 is 23.6 Å². The van der Waals surface area contributed by atoms with E-state index in [1.54, 1.807) is 20.8 Å². The van der Waals surface area contributed by atoms with Crippen LogP contribution in [0.2, 0.25) is 5.15 Å². The molecule has 0 aromatic carbocycles. The highest BCUT2D eigenvalue weighted by Crippen LogP contribution is 2.16. The molecule has 1 atom stereocenters. The third kappa shape index (κ3) is 4.79. The van der Waals surface area contributed by atoms with Crippen LogP contribution in [-0.4, -0.2) is 46.6 Å². The molecule has 2 amide bonds. The number of pyridine rings is 1. The Kier molecular flexibility index (Phi) is 5.09. The van der Waals surface area contributed by atoms with Crippen LogP contribution in [0.1, 0.15) is 37.6 Å². The molecule has 2 rings (SSSR count). The molecule has 1 aliphatic heterocycles. The molecule has 0 aliphatic carbocycles. The lowest BCUT2D eigenvalue weighted by molar-refractivity contribution is 0.0290. The van der Waals surface area contributed by atoms with Gasteiger partial charge in [0.15, 0.2) is 11.0 Å². The van der Waals surface area contributed by atoms with E-state index in [2.05, 4.69) is 10.3 Å². The first-order valence-electron chi connectivity index (χ1n) is 7.25. The Morgan fingerprint density at radius 3 is 2.78 bits per heavy atom. The fraction of sp³-hybridized carbons (Fsp3) is 0.533. The van der Waals surface area contributed by atoms with Gasteiger partial charge in [0.1, 0.15) is 5.60 Å². The smallest absolute Gasteiger partial charge is 0.410 e. The molecule has 2 heterocycles. The van der Waals surface area contributed by atoms with Gasteiger partial charge < -0.3 is 15.0 Å². The highest BCUT2D eigenvalue weighted by molar-refractivity contribution is 6.29. The molecule has 0 unspecified atom stereocenters. The van der Waals surface area contributed by atoms with Crippen molar-refractivity contribution in [2.24, 2.45) is 0 Å². The maximum Gasteiger partial charge on any atom is 0.410 e. The van der Waals surface area contributed by atoms with E-state index in [0.717, 1.165) is 6.07 Å². The first-order chi connectivity index (χ1) is 10.7. The molecule has 6 nitrogen and oxygen atoms in total. The number of halogens is 2. The molecular weight excluding hydrogens is 325 g/mol. The van der Waals surface area contributed by atoms with Crippen LogP contribution in [0.15, 0.2) is 12.3 Å². The number of likely N-dealkylation sites (tertiary alicyclic amines) is 1. The van der Waals surface area contributed by atoms with Crippen LogP contribution in [0, 0.1) is 5.82 Å². The summed E-state index contributed by atoms with van der Waals surface area (Å²) >= 11 is 5.49. The van der Waals surface area contributed by atoms with Crippen molar-refractivity contribution in [1.29, 1.82) is 0 Å². The number of aromatic nitrogens is 1. The van der Waals surface area contributed by atoms with E-state index in [1.807, 2.05) is 0 Å². The van der Waals surface area contributed by atoms with Gasteiger partial charge in [-0.2, -0.15) is 0 Å². The van der Waals surface area contributed by atoms with E-state index in [-0.39, 0.29) is 16.8 Å². The Hall–Kier alpha value is -1.89. The van der Waals surface area contributed by atoms with Crippen LogP contribution < -0.4 is 5.32 Å². The van der Waals surface area contributed by atoms with Gasteiger partial charge in [0, 0.05) is 25.3 Å². The van der Waals surface area contributed by atoms with Gasteiger partial charge in [0.2, 0.25) is 0 Å². The molecule has 0 radical (unpaired) electrons. The summed E-state index contributed by atoms with van der Waals surface area (Å²) in [6.45, 7) is 6.23. The van der Waals surface area contributed by atoms with Crippen molar-refractivity contribution in [2.45, 2.75) is 38.8 Å². The maximum absolute atomic E-state index is 13.3. The number of ether oxygens (including phenoxy) is 1. The van der Waals surface area contributed by atoms with Crippen LogP contribution in [-0.2, 0) is 4.74 Å². The zero-order chi connectivity index (χ0) is 17.2. The Morgan fingerprint density at radius 2 is 2.17 bits per heavy atom. The second-order valence-corrected chi connectivity index (χ2v) is 6.74. The number of rotatable bonds is 2. The lowest BCUT2D eigenvalue weighted by Gasteiger charge is -2.24. The van der Waals surface area contributed by atoms with E-state index in [9.17, 15) is 14.0 Å². The molecule has 23 heavy (non-hydrogen) atoms. The van der Waals surface area contributed by atoms with Gasteiger partial charge in [0.05, 0.1) is 5.56 Å². The molecule has 1 fully saturated rings. The van der Waals surface area contributed by atoms with Gasteiger partial charge in [0.25, 0.3) is 5.91 Å². The van der Waals surface area contributed by atoms with Crippen molar-refractivity contribution in [2.75, 3.05) is 13.1 Å². The molecule has 1 aromatic heterocycles. The number of carbonyl (C=O) groups is 2. The summed E-state index contributed by atoms with van der Waals surface area (Å²) in [7, 11) is 0. The summed E-state index contributed by atoms with van der Waals surface area (Å²) in [5, 5.41) is 2.47. The van der Waals surface area contributed by atoms with Crippen molar-refractivity contribution in [3.63, 3.8) is 0 Å². The van der Waals surface area contributed by atoms with E-state index in [4.69, 9.17) is 16.3 Å². The fourth-order valence-corrected chi connectivity index (χ4v) is 2.29. The van der Waals surface area contributed by atoms with Crippen LogP contribution in [0.3, 0.4) is 0 Å². The second-order valence-electron chi connectivity index (χ2n) is 6.38. The zero-order valence-corrected chi connectivity index (χ0v) is 14.0. The number of nitrogens with zero attached hydrogens (tertiary/aromatic N) is 2. The highest BCUT2D eigenvalue weighted by atomic mass is 35.5. The number of hydrogen-bond donors (Lipinski definition) is 1. The summed E-state index contributed by atoms with van der Waals surface area (Å²) in [5.74, 6) is -1.20. The Balaban J connectivity index is 1.91. The van der Waals surface area contributed by atoms with Crippen molar-refractivity contribution in [1.82, 2.24) is 15.2 Å². The minimum absolute atomic E-state index is 0.0858. The standard InChI is InChI=1S/C15H19ClFN3O3/c1-15(2,3)23-14(22)20-5-4-10(8-20)19-13(21)9-6-11(17)12(16)18-7-9/h6-7,10H,4-5,8H2,1-3H3,(H,19,21)/t10-/m0/s1. The van der Waals surface area contributed by atoms with Crippen LogP contribution >= 0.6 is 11.6 Å². The molecule has 1 aliphatic rings. The topological polar surface area (TPSA) is 71.5 Å². The minimum atomic E-state index is -0.749. The van der Waals surface area contributed by atoms with E-state index in [0.29, 0.717) is 19.5 Å². The van der Waals surface area contributed by atoms with Crippen LogP contribution in [0.5, 0.6) is 0 Å². The van der Waals surface area contributed by atoms with E-state index in [1.165, 1.54) is 11.1 Å². The number of carbonyl (C=O) groups excluding carboxylic acids is 2. The molecule has 1 saturated heterocycles. The quantitative estimate of drug-likeness (QED) is 0.838. The Labute approximate surface area is 139 Å². The monoisotopic (exact) mass is 343 g/mol. The summed E-state index contributed by atoms with van der Waals surface area (Å²) in [6.07, 6.45) is 1.41. The Bertz CT molecular complexity index is 618. The highest BCUT2D eigenvalue weighted by Gasteiger charge is 2.30. The normalized spacial score (nSPS) is 18.0. The third-order valence-electron chi connectivity index (χ3n) is 3.23. The number of hydrogen-bond acceptors (Lipinski definition) is 4. The summed E-state index contributed by atoms with van der Waals surface area (Å²) < 4.78 is 18.6. The van der Waals surface area contributed by atoms with Crippen molar-refractivity contribution in [3.05, 3.63) is 28.8 Å². The second kappa shape index (κ2) is 6.70. The lowest BCUT2D eigenvalue weighted by Crippen LogP contribution is -2.40. The van der Waals surface area contributed by atoms with Gasteiger partial charge in [-0.15, -0.1) is 0 Å². The molecule has 0 bridgehead atoms. The van der Waals surface area contributed by atoms with Gasteiger partial charge in [-0.05, 0) is 33.3 Å². The summed E-state index contributed by atoms with van der Waals surface area (Å²) in [4.78, 5) is 29.2. The molecule has 0 saturated carbocycles. The largest absolute Gasteiger partial charge is 0.444 e. The zero-order valence-electron chi connectivity index (χ0n) is 13.2. The first-order valence-corrected chi connectivity index (χ1v) is 7.63. The maximum atomic E-state index is 13.3. The molecule has 1 aromatic rings.